The van der Waals surface area contributed by atoms with Crippen LogP contribution in [0.2, 0.25) is 5.15 Å². The lowest BCUT2D eigenvalue weighted by molar-refractivity contribution is 0.587. The van der Waals surface area contributed by atoms with Gasteiger partial charge in [-0.3, -0.25) is 0 Å². The first-order valence-corrected chi connectivity index (χ1v) is 7.79. The van der Waals surface area contributed by atoms with Crippen molar-refractivity contribution in [2.75, 3.05) is 11.9 Å². The fraction of sp³-hybridized carbons (Fsp3) is 0.267. The zero-order valence-electron chi connectivity index (χ0n) is 13.3. The third-order valence-corrected chi connectivity index (χ3v) is 4.12. The second-order valence-corrected chi connectivity index (χ2v) is 6.33. The molecule has 0 spiro atoms. The third kappa shape index (κ3) is 2.70. The highest BCUT2D eigenvalue weighted by Gasteiger charge is 2.34. The molecule has 128 valence electrons. The summed E-state index contributed by atoms with van der Waals surface area (Å²) in [5, 5.41) is 14.9. The Morgan fingerprint density at radius 3 is 2.52 bits per heavy atom. The molecule has 1 aromatic carbocycles. The summed E-state index contributed by atoms with van der Waals surface area (Å²) in [6, 6.07) is 2.47. The highest BCUT2D eigenvalue weighted by atomic mass is 35.5. The van der Waals surface area contributed by atoms with Gasteiger partial charge in [0.25, 0.3) is 5.78 Å². The van der Waals surface area contributed by atoms with Crippen LogP contribution in [0.4, 0.5) is 14.6 Å². The van der Waals surface area contributed by atoms with E-state index in [9.17, 15) is 8.78 Å². The summed E-state index contributed by atoms with van der Waals surface area (Å²) in [6.45, 7) is 3.73. The van der Waals surface area contributed by atoms with Crippen molar-refractivity contribution in [3.8, 4) is 11.1 Å². The van der Waals surface area contributed by atoms with Gasteiger partial charge in [0.15, 0.2) is 0 Å². The molecule has 3 heterocycles. The second kappa shape index (κ2) is 5.41. The lowest BCUT2D eigenvalue weighted by atomic mass is 10.0. The van der Waals surface area contributed by atoms with Crippen molar-refractivity contribution in [1.29, 1.82) is 0 Å². The van der Waals surface area contributed by atoms with E-state index in [2.05, 4.69) is 30.6 Å². The van der Waals surface area contributed by atoms with Crippen LogP contribution in [0.3, 0.4) is 0 Å². The highest BCUT2D eigenvalue weighted by molar-refractivity contribution is 6.33. The Kier molecular flexibility index (Phi) is 3.43. The molecule has 0 atom stereocenters. The molecule has 0 aliphatic carbocycles. The molecule has 10 heteroatoms. The Balaban J connectivity index is 1.94. The molecule has 0 saturated carbocycles. The predicted octanol–water partition coefficient (Wildman–Crippen LogP) is 3.63. The van der Waals surface area contributed by atoms with Gasteiger partial charge in [0.1, 0.15) is 28.9 Å². The van der Waals surface area contributed by atoms with E-state index in [1.54, 1.807) is 6.92 Å². The summed E-state index contributed by atoms with van der Waals surface area (Å²) >= 11 is 6.24. The van der Waals surface area contributed by atoms with E-state index in [1.807, 2.05) is 6.92 Å². The lowest BCUT2D eigenvalue weighted by Crippen LogP contribution is -2.21. The number of aromatic nitrogens is 4. The largest absolute Gasteiger partial charge is 0.365 e. The number of hydrogen-bond donors (Lipinski definition) is 1. The minimum atomic E-state index is -0.740. The van der Waals surface area contributed by atoms with Gasteiger partial charge in [0, 0.05) is 0 Å². The smallest absolute Gasteiger partial charge is 0.255 e. The SMILES string of the molecule is Cc1cc(F)c(-c2c(Cl)nc3ncnn3c2NCC2(C)N=N2)c(F)c1. The van der Waals surface area contributed by atoms with Gasteiger partial charge in [-0.1, -0.05) is 11.6 Å². The van der Waals surface area contributed by atoms with E-state index in [0.717, 1.165) is 0 Å². The van der Waals surface area contributed by atoms with Gasteiger partial charge >= 0.3 is 0 Å². The average molecular weight is 364 g/mol. The van der Waals surface area contributed by atoms with E-state index < -0.39 is 17.3 Å². The van der Waals surface area contributed by atoms with Crippen LogP contribution in [0.15, 0.2) is 28.7 Å². The fourth-order valence-corrected chi connectivity index (χ4v) is 2.81. The molecule has 25 heavy (non-hydrogen) atoms. The van der Waals surface area contributed by atoms with Gasteiger partial charge in [0.2, 0.25) is 5.66 Å². The van der Waals surface area contributed by atoms with Gasteiger partial charge in [-0.05, 0) is 31.5 Å². The van der Waals surface area contributed by atoms with Crippen molar-refractivity contribution in [3.05, 3.63) is 40.8 Å². The number of aryl methyl sites for hydroxylation is 1. The number of nitrogens with zero attached hydrogens (tertiary/aromatic N) is 6. The Bertz CT molecular complexity index is 1000. The molecule has 3 aromatic rings. The van der Waals surface area contributed by atoms with Crippen LogP contribution >= 0.6 is 11.6 Å². The van der Waals surface area contributed by atoms with Crippen LogP contribution in [0.5, 0.6) is 0 Å². The average Bonchev–Trinajstić information content (AvgIpc) is 3.08. The Labute approximate surface area is 145 Å². The first-order chi connectivity index (χ1) is 11.9. The maximum absolute atomic E-state index is 14.5. The second-order valence-electron chi connectivity index (χ2n) is 5.97. The molecule has 0 bridgehead atoms. The van der Waals surface area contributed by atoms with Crippen molar-refractivity contribution >= 4 is 23.2 Å². The molecule has 0 amide bonds. The van der Waals surface area contributed by atoms with Crippen LogP contribution < -0.4 is 5.32 Å². The first kappa shape index (κ1) is 15.8. The quantitative estimate of drug-likeness (QED) is 0.718. The number of halogens is 3. The monoisotopic (exact) mass is 363 g/mol. The third-order valence-electron chi connectivity index (χ3n) is 3.85. The summed E-state index contributed by atoms with van der Waals surface area (Å²) in [7, 11) is 0. The van der Waals surface area contributed by atoms with E-state index in [1.165, 1.54) is 23.0 Å². The molecule has 2 aromatic heterocycles. The maximum atomic E-state index is 14.5. The molecule has 1 aliphatic rings. The van der Waals surface area contributed by atoms with Crippen molar-refractivity contribution in [2.24, 2.45) is 10.2 Å². The number of fused-ring (bicyclic) bond motifs is 1. The summed E-state index contributed by atoms with van der Waals surface area (Å²) in [4.78, 5) is 8.05. The number of anilines is 1. The van der Waals surface area contributed by atoms with Gasteiger partial charge < -0.3 is 5.32 Å². The highest BCUT2D eigenvalue weighted by Crippen LogP contribution is 2.38. The molecular formula is C15H12ClF2N7. The summed E-state index contributed by atoms with van der Waals surface area (Å²) in [6.07, 6.45) is 1.28. The molecule has 1 aliphatic heterocycles. The maximum Gasteiger partial charge on any atom is 0.255 e. The van der Waals surface area contributed by atoms with E-state index >= 15 is 0 Å². The van der Waals surface area contributed by atoms with E-state index in [4.69, 9.17) is 11.6 Å². The van der Waals surface area contributed by atoms with Crippen LogP contribution in [0, 0.1) is 18.6 Å². The molecule has 1 N–H and O–H groups in total. The summed E-state index contributed by atoms with van der Waals surface area (Å²) < 4.78 is 30.4. The number of rotatable bonds is 4. The topological polar surface area (TPSA) is 79.8 Å². The minimum Gasteiger partial charge on any atom is -0.365 e. The zero-order chi connectivity index (χ0) is 17.8. The Hall–Kier alpha value is -2.68. The summed E-state index contributed by atoms with van der Waals surface area (Å²) in [5.41, 5.74) is -0.330. The molecule has 0 radical (unpaired) electrons. The van der Waals surface area contributed by atoms with Crippen LogP contribution in [-0.2, 0) is 0 Å². The van der Waals surface area contributed by atoms with Crippen molar-refractivity contribution in [2.45, 2.75) is 19.5 Å². The van der Waals surface area contributed by atoms with Crippen molar-refractivity contribution in [3.63, 3.8) is 0 Å². The molecular weight excluding hydrogens is 352 g/mol. The normalized spacial score (nSPS) is 14.9. The number of hydrogen-bond acceptors (Lipinski definition) is 6. The zero-order valence-corrected chi connectivity index (χ0v) is 14.0. The summed E-state index contributed by atoms with van der Waals surface area (Å²) in [5.74, 6) is -1.00. The van der Waals surface area contributed by atoms with Gasteiger partial charge in [-0.2, -0.15) is 29.8 Å². The molecule has 0 unspecified atom stereocenters. The molecule has 0 fully saturated rings. The number of nitrogens with one attached hydrogen (secondary N) is 1. The van der Waals surface area contributed by atoms with E-state index in [0.29, 0.717) is 12.1 Å². The predicted molar refractivity (Wildman–Crippen MR) is 87.6 cm³/mol. The fourth-order valence-electron chi connectivity index (χ4n) is 2.55. The molecule has 4 rings (SSSR count). The number of benzene rings is 1. The Morgan fingerprint density at radius 2 is 1.88 bits per heavy atom. The minimum absolute atomic E-state index is 0.0684. The Morgan fingerprint density at radius 1 is 1.20 bits per heavy atom. The lowest BCUT2D eigenvalue weighted by Gasteiger charge is -2.16. The first-order valence-electron chi connectivity index (χ1n) is 7.41. The van der Waals surface area contributed by atoms with Crippen molar-refractivity contribution < 1.29 is 8.78 Å². The van der Waals surface area contributed by atoms with Crippen LogP contribution in [0.1, 0.15) is 12.5 Å². The van der Waals surface area contributed by atoms with Crippen LogP contribution in [-0.4, -0.2) is 31.8 Å². The van der Waals surface area contributed by atoms with Gasteiger partial charge in [-0.15, -0.1) is 0 Å². The van der Waals surface area contributed by atoms with Crippen molar-refractivity contribution in [1.82, 2.24) is 19.6 Å². The van der Waals surface area contributed by atoms with E-state index in [-0.39, 0.29) is 27.9 Å². The molecule has 0 saturated heterocycles. The van der Waals surface area contributed by atoms with Gasteiger partial charge in [0.05, 0.1) is 17.7 Å². The van der Waals surface area contributed by atoms with Gasteiger partial charge in [-0.25, -0.2) is 8.78 Å². The standard InChI is InChI=1S/C15H12ClF2N7/c1-7-3-8(17)10(9(18)4-7)11-12(16)22-14-20-6-21-25(14)13(11)19-5-15(2)23-24-15/h3-4,6,19H,5H2,1-2H3. The van der Waals surface area contributed by atoms with Crippen LogP contribution in [0.25, 0.3) is 16.9 Å². The molecule has 7 nitrogen and oxygen atoms in total.